The molecule has 1 N–H and O–H groups in total. The summed E-state index contributed by atoms with van der Waals surface area (Å²) in [6.45, 7) is 0.490. The van der Waals surface area contributed by atoms with Crippen molar-refractivity contribution in [1.82, 2.24) is 25.1 Å². The van der Waals surface area contributed by atoms with Gasteiger partial charge in [-0.05, 0) is 35.4 Å². The summed E-state index contributed by atoms with van der Waals surface area (Å²) in [6.07, 6.45) is 5.29. The smallest absolute Gasteiger partial charge is 0.450 e. The summed E-state index contributed by atoms with van der Waals surface area (Å²) in [4.78, 5) is 36.0. The first-order valence-electron chi connectivity index (χ1n) is 12.2. The van der Waals surface area contributed by atoms with E-state index in [2.05, 4.69) is 43.3 Å². The van der Waals surface area contributed by atoms with Crippen LogP contribution in [0.1, 0.15) is 17.4 Å². The number of anilines is 1. The molecule has 0 bridgehead atoms. The number of methoxy groups -OCH3 is 1. The molecule has 39 heavy (non-hydrogen) atoms. The van der Waals surface area contributed by atoms with Crippen LogP contribution in [0.4, 0.5) is 10.6 Å². The Kier molecular flexibility index (Phi) is 6.59. The second kappa shape index (κ2) is 10.6. The van der Waals surface area contributed by atoms with Gasteiger partial charge in [0, 0.05) is 29.7 Å². The summed E-state index contributed by atoms with van der Waals surface area (Å²) in [5.74, 6) is 1.17. The zero-order valence-electron chi connectivity index (χ0n) is 20.9. The molecule has 1 unspecified atom stereocenters. The van der Waals surface area contributed by atoms with E-state index in [1.807, 2.05) is 54.6 Å². The van der Waals surface area contributed by atoms with E-state index in [1.54, 1.807) is 18.6 Å². The van der Waals surface area contributed by atoms with Gasteiger partial charge in [-0.15, -0.1) is 5.10 Å². The normalized spacial score (nSPS) is 14.5. The number of hydrogen-bond acceptors (Lipinski definition) is 9. The average molecular weight is 518 g/mol. The Labute approximate surface area is 223 Å². The van der Waals surface area contributed by atoms with Crippen LogP contribution in [-0.2, 0) is 16.1 Å². The van der Waals surface area contributed by atoms with Crippen molar-refractivity contribution < 1.29 is 14.4 Å². The van der Waals surface area contributed by atoms with Crippen LogP contribution in [0, 0.1) is 0 Å². The fourth-order valence-corrected chi connectivity index (χ4v) is 4.31. The summed E-state index contributed by atoms with van der Waals surface area (Å²) in [5, 5.41) is 9.14. The van der Waals surface area contributed by atoms with E-state index >= 15 is 0 Å². The highest BCUT2D eigenvalue weighted by Gasteiger charge is 2.27. The number of pyridine rings is 2. The molecule has 0 saturated carbocycles. The van der Waals surface area contributed by atoms with Crippen molar-refractivity contribution >= 4 is 29.0 Å². The number of ether oxygens (including phenoxy) is 1. The van der Waals surface area contributed by atoms with Crippen LogP contribution in [0.2, 0.25) is 0 Å². The SMILES string of the molecule is COC(=O)N1N=CC(c2cncc(-c3nc(NCc4ccccn4)c4c(-c5ccccc5)cccc4n3)c2)O1. The van der Waals surface area contributed by atoms with Crippen molar-refractivity contribution in [3.63, 3.8) is 0 Å². The number of aromatic nitrogens is 4. The van der Waals surface area contributed by atoms with Crippen LogP contribution in [0.25, 0.3) is 33.4 Å². The molecule has 1 amide bonds. The Morgan fingerprint density at radius 3 is 2.69 bits per heavy atom. The molecular formula is C29H23N7O3. The first-order valence-corrected chi connectivity index (χ1v) is 12.2. The number of nitrogens with one attached hydrogen (secondary N) is 1. The van der Waals surface area contributed by atoms with Crippen molar-refractivity contribution in [3.8, 4) is 22.5 Å². The molecule has 1 aliphatic rings. The molecule has 4 heterocycles. The third-order valence-corrected chi connectivity index (χ3v) is 6.17. The zero-order valence-corrected chi connectivity index (χ0v) is 20.9. The minimum atomic E-state index is -0.714. The molecular weight excluding hydrogens is 494 g/mol. The Bertz CT molecular complexity index is 1660. The predicted molar refractivity (Wildman–Crippen MR) is 146 cm³/mol. The third-order valence-electron chi connectivity index (χ3n) is 6.17. The minimum Gasteiger partial charge on any atom is -0.450 e. The number of amides is 1. The van der Waals surface area contributed by atoms with Gasteiger partial charge in [-0.1, -0.05) is 53.7 Å². The molecule has 0 saturated heterocycles. The van der Waals surface area contributed by atoms with Crippen molar-refractivity contribution in [2.24, 2.45) is 5.10 Å². The van der Waals surface area contributed by atoms with Gasteiger partial charge in [-0.25, -0.2) is 19.6 Å². The first-order chi connectivity index (χ1) is 19.2. The van der Waals surface area contributed by atoms with Crippen LogP contribution in [0.3, 0.4) is 0 Å². The monoisotopic (exact) mass is 517 g/mol. The molecule has 6 rings (SSSR count). The minimum absolute atomic E-state index is 0.490. The summed E-state index contributed by atoms with van der Waals surface area (Å²) in [5.41, 5.74) is 5.14. The van der Waals surface area contributed by atoms with E-state index in [0.29, 0.717) is 29.3 Å². The molecule has 0 radical (unpaired) electrons. The second-order valence-electron chi connectivity index (χ2n) is 8.68. The van der Waals surface area contributed by atoms with E-state index in [9.17, 15) is 4.79 Å². The number of hydrogen-bond donors (Lipinski definition) is 1. The van der Waals surface area contributed by atoms with Crippen molar-refractivity contribution in [3.05, 3.63) is 103 Å². The summed E-state index contributed by atoms with van der Waals surface area (Å²) >= 11 is 0. The van der Waals surface area contributed by atoms with Gasteiger partial charge in [0.2, 0.25) is 0 Å². The van der Waals surface area contributed by atoms with Crippen LogP contribution < -0.4 is 5.32 Å². The molecule has 10 heteroatoms. The Balaban J connectivity index is 1.41. The topological polar surface area (TPSA) is 115 Å². The maximum absolute atomic E-state index is 11.8. The molecule has 1 aliphatic heterocycles. The number of rotatable bonds is 6. The highest BCUT2D eigenvalue weighted by Crippen LogP contribution is 2.34. The molecule has 10 nitrogen and oxygen atoms in total. The lowest BCUT2D eigenvalue weighted by molar-refractivity contribution is -0.135. The highest BCUT2D eigenvalue weighted by molar-refractivity contribution is 6.02. The Morgan fingerprint density at radius 1 is 1.00 bits per heavy atom. The molecule has 1 atom stereocenters. The molecule has 192 valence electrons. The van der Waals surface area contributed by atoms with Gasteiger partial charge in [0.1, 0.15) is 5.82 Å². The zero-order chi connectivity index (χ0) is 26.6. The first kappa shape index (κ1) is 24.1. The molecule has 0 fully saturated rings. The average Bonchev–Trinajstić information content (AvgIpc) is 3.51. The number of nitrogens with zero attached hydrogens (tertiary/aromatic N) is 6. The number of hydroxylamine groups is 1. The number of benzene rings is 2. The third kappa shape index (κ3) is 5.00. The standard InChI is InChI=1S/C29H23N7O3/c1-38-29(37)36-33-18-25(39-36)20-14-21(16-30-15-20)27-34-24-12-7-11-23(19-8-3-2-4-9-19)26(24)28(35-27)32-17-22-10-5-6-13-31-22/h2-16,18,25H,17H2,1H3,(H,32,34,35). The molecule has 2 aromatic carbocycles. The number of carbonyl (C=O) groups is 1. The van der Waals surface area contributed by atoms with E-state index in [0.717, 1.165) is 32.9 Å². The maximum Gasteiger partial charge on any atom is 0.455 e. The van der Waals surface area contributed by atoms with Crippen LogP contribution in [-0.4, -0.2) is 44.5 Å². The van der Waals surface area contributed by atoms with Crippen LogP contribution >= 0.6 is 0 Å². The Hall–Kier alpha value is -5.22. The van der Waals surface area contributed by atoms with Gasteiger partial charge in [-0.2, -0.15) is 0 Å². The molecule has 5 aromatic rings. The van der Waals surface area contributed by atoms with E-state index < -0.39 is 12.2 Å². The van der Waals surface area contributed by atoms with Gasteiger partial charge in [0.15, 0.2) is 11.9 Å². The lowest BCUT2D eigenvalue weighted by atomic mass is 10.0. The number of fused-ring (bicyclic) bond motifs is 1. The molecule has 3 aromatic heterocycles. The van der Waals surface area contributed by atoms with Gasteiger partial charge in [0.25, 0.3) is 0 Å². The maximum atomic E-state index is 11.8. The van der Waals surface area contributed by atoms with Gasteiger partial charge in [0.05, 0.1) is 36.5 Å². The fourth-order valence-electron chi connectivity index (χ4n) is 4.31. The summed E-state index contributed by atoms with van der Waals surface area (Å²) < 4.78 is 4.66. The number of hydrazone groups is 1. The number of carbonyl (C=O) groups excluding carboxylic acids is 1. The van der Waals surface area contributed by atoms with E-state index in [4.69, 9.17) is 14.8 Å². The van der Waals surface area contributed by atoms with Crippen molar-refractivity contribution in [2.75, 3.05) is 12.4 Å². The summed E-state index contributed by atoms with van der Waals surface area (Å²) in [6, 6.07) is 23.9. The van der Waals surface area contributed by atoms with Crippen LogP contribution in [0.15, 0.2) is 96.5 Å². The molecule has 0 spiro atoms. The van der Waals surface area contributed by atoms with E-state index in [-0.39, 0.29) is 0 Å². The van der Waals surface area contributed by atoms with E-state index in [1.165, 1.54) is 13.3 Å². The quantitative estimate of drug-likeness (QED) is 0.318. The van der Waals surface area contributed by atoms with Crippen LogP contribution in [0.5, 0.6) is 0 Å². The molecule has 0 aliphatic carbocycles. The lowest BCUT2D eigenvalue weighted by Gasteiger charge is -2.15. The fraction of sp³-hybridized carbons (Fsp3) is 0.103. The van der Waals surface area contributed by atoms with Gasteiger partial charge >= 0.3 is 6.09 Å². The summed E-state index contributed by atoms with van der Waals surface area (Å²) in [7, 11) is 1.26. The highest BCUT2D eigenvalue weighted by atomic mass is 16.8. The van der Waals surface area contributed by atoms with Gasteiger partial charge in [-0.3, -0.25) is 9.97 Å². The van der Waals surface area contributed by atoms with Crippen molar-refractivity contribution in [2.45, 2.75) is 12.6 Å². The predicted octanol–water partition coefficient (Wildman–Crippen LogP) is 5.41. The van der Waals surface area contributed by atoms with Gasteiger partial charge < -0.3 is 10.1 Å². The Morgan fingerprint density at radius 2 is 1.87 bits per heavy atom. The lowest BCUT2D eigenvalue weighted by Crippen LogP contribution is -2.23. The van der Waals surface area contributed by atoms with Crippen molar-refractivity contribution in [1.29, 1.82) is 0 Å². The largest absolute Gasteiger partial charge is 0.455 e. The second-order valence-corrected chi connectivity index (χ2v) is 8.68.